The number of nitrogens with zero attached hydrogens (tertiary/aromatic N) is 1. The van der Waals surface area contributed by atoms with E-state index in [0.29, 0.717) is 33.9 Å². The van der Waals surface area contributed by atoms with E-state index >= 15 is 0 Å². The second kappa shape index (κ2) is 7.03. The molecule has 0 bridgehead atoms. The summed E-state index contributed by atoms with van der Waals surface area (Å²) >= 11 is 11.3. The van der Waals surface area contributed by atoms with Gasteiger partial charge in [0.2, 0.25) is 0 Å². The highest BCUT2D eigenvalue weighted by Crippen LogP contribution is 2.31. The molecule has 122 valence electrons. The van der Waals surface area contributed by atoms with Gasteiger partial charge in [-0.05, 0) is 55.0 Å². The van der Waals surface area contributed by atoms with Crippen LogP contribution in [0.15, 0.2) is 54.2 Å². The topological polar surface area (TPSA) is 41.6 Å². The summed E-state index contributed by atoms with van der Waals surface area (Å²) in [4.78, 5) is 14.2. The predicted molar refractivity (Wildman–Crippen MR) is 100 cm³/mol. The molecule has 1 amide bonds. The van der Waals surface area contributed by atoms with Crippen LogP contribution in [-0.2, 0) is 4.79 Å². The third-order valence-electron chi connectivity index (χ3n) is 3.44. The van der Waals surface area contributed by atoms with E-state index in [2.05, 4.69) is 5.32 Å². The molecule has 6 heteroatoms. The van der Waals surface area contributed by atoms with Gasteiger partial charge in [-0.3, -0.25) is 4.79 Å². The van der Waals surface area contributed by atoms with E-state index in [1.807, 2.05) is 37.3 Å². The first-order chi connectivity index (χ1) is 11.6. The maximum Gasteiger partial charge on any atom is 0.281 e. The van der Waals surface area contributed by atoms with Crippen molar-refractivity contribution in [3.63, 3.8) is 0 Å². The molecular weight excluding hydrogens is 344 g/mol. The molecule has 1 heterocycles. The number of rotatable bonds is 4. The Morgan fingerprint density at radius 3 is 2.79 bits per heavy atom. The van der Waals surface area contributed by atoms with Crippen molar-refractivity contribution in [3.05, 3.63) is 64.8 Å². The lowest BCUT2D eigenvalue weighted by Crippen LogP contribution is -2.30. The van der Waals surface area contributed by atoms with Crippen LogP contribution in [0.3, 0.4) is 0 Å². The Morgan fingerprint density at radius 1 is 1.25 bits per heavy atom. The molecule has 1 N–H and O–H groups in total. The van der Waals surface area contributed by atoms with Crippen molar-refractivity contribution >= 4 is 46.6 Å². The third kappa shape index (κ3) is 3.27. The summed E-state index contributed by atoms with van der Waals surface area (Å²) in [5.74, 6) is 0.383. The lowest BCUT2D eigenvalue weighted by Gasteiger charge is -2.17. The summed E-state index contributed by atoms with van der Waals surface area (Å²) in [5.41, 5.74) is 1.84. The van der Waals surface area contributed by atoms with Gasteiger partial charge in [-0.1, -0.05) is 35.9 Å². The third-order valence-corrected chi connectivity index (χ3v) is 3.96. The van der Waals surface area contributed by atoms with Gasteiger partial charge in [-0.2, -0.15) is 0 Å². The van der Waals surface area contributed by atoms with Gasteiger partial charge in [0.1, 0.15) is 11.4 Å². The number of ether oxygens (including phenoxy) is 1. The normalized spacial score (nSPS) is 15.8. The van der Waals surface area contributed by atoms with E-state index in [-0.39, 0.29) is 5.91 Å². The summed E-state index contributed by atoms with van der Waals surface area (Å²) in [5, 5.41) is 3.89. The van der Waals surface area contributed by atoms with Crippen LogP contribution >= 0.6 is 23.8 Å². The number of hydrogen-bond donors (Lipinski definition) is 1. The van der Waals surface area contributed by atoms with Crippen molar-refractivity contribution in [3.8, 4) is 5.75 Å². The minimum absolute atomic E-state index is 0.230. The largest absolute Gasteiger partial charge is 0.492 e. The summed E-state index contributed by atoms with van der Waals surface area (Å²) in [7, 11) is 0. The number of anilines is 1. The molecule has 24 heavy (non-hydrogen) atoms. The fourth-order valence-electron chi connectivity index (χ4n) is 2.44. The first-order valence-corrected chi connectivity index (χ1v) is 8.23. The highest BCUT2D eigenvalue weighted by Gasteiger charge is 2.33. The Hall–Kier alpha value is -2.37. The molecule has 0 aliphatic carbocycles. The molecule has 1 aliphatic rings. The van der Waals surface area contributed by atoms with Gasteiger partial charge in [0.15, 0.2) is 5.11 Å². The first-order valence-electron chi connectivity index (χ1n) is 7.44. The number of hydrogen-bond acceptors (Lipinski definition) is 3. The Bertz CT molecular complexity index is 835. The minimum Gasteiger partial charge on any atom is -0.492 e. The Balaban J connectivity index is 1.95. The monoisotopic (exact) mass is 358 g/mol. The summed E-state index contributed by atoms with van der Waals surface area (Å²) < 4.78 is 5.60. The maximum absolute atomic E-state index is 12.8. The van der Waals surface area contributed by atoms with Crippen LogP contribution in [0.1, 0.15) is 12.5 Å². The molecule has 4 nitrogen and oxygen atoms in total. The molecule has 3 rings (SSSR count). The van der Waals surface area contributed by atoms with Crippen LogP contribution in [0, 0.1) is 0 Å². The van der Waals surface area contributed by atoms with E-state index in [1.165, 1.54) is 4.90 Å². The Labute approximate surface area is 150 Å². The van der Waals surface area contributed by atoms with Gasteiger partial charge in [-0.25, -0.2) is 4.90 Å². The van der Waals surface area contributed by atoms with E-state index in [0.717, 1.165) is 5.56 Å². The predicted octanol–water partition coefficient (Wildman–Crippen LogP) is 4.00. The van der Waals surface area contributed by atoms with E-state index < -0.39 is 0 Å². The van der Waals surface area contributed by atoms with Crippen molar-refractivity contribution in [1.29, 1.82) is 0 Å². The van der Waals surface area contributed by atoms with Crippen LogP contribution in [0.25, 0.3) is 6.08 Å². The second-order valence-electron chi connectivity index (χ2n) is 5.08. The number of carbonyl (C=O) groups excluding carboxylic acids is 1. The van der Waals surface area contributed by atoms with Crippen LogP contribution < -0.4 is 15.0 Å². The molecule has 1 saturated heterocycles. The lowest BCUT2D eigenvalue weighted by molar-refractivity contribution is -0.113. The minimum atomic E-state index is -0.230. The molecule has 0 unspecified atom stereocenters. The lowest BCUT2D eigenvalue weighted by atomic mass is 10.2. The van der Waals surface area contributed by atoms with Crippen LogP contribution in [-0.4, -0.2) is 17.6 Å². The Morgan fingerprint density at radius 2 is 2.04 bits per heavy atom. The molecule has 2 aromatic rings. The van der Waals surface area contributed by atoms with Crippen LogP contribution in [0.5, 0.6) is 5.75 Å². The van der Waals surface area contributed by atoms with Crippen molar-refractivity contribution in [1.82, 2.24) is 5.32 Å². The SMILES string of the molecule is CCOc1ccccc1N1C(=O)/C(=C/c2cccc(Cl)c2)NC1=S. The second-order valence-corrected chi connectivity index (χ2v) is 5.91. The van der Waals surface area contributed by atoms with Gasteiger partial charge in [0.25, 0.3) is 5.91 Å². The zero-order valence-corrected chi connectivity index (χ0v) is 14.5. The average molecular weight is 359 g/mol. The van der Waals surface area contributed by atoms with Gasteiger partial charge >= 0.3 is 0 Å². The molecule has 1 fully saturated rings. The quantitative estimate of drug-likeness (QED) is 0.662. The molecule has 0 aromatic heterocycles. The van der Waals surface area contributed by atoms with Crippen molar-refractivity contribution in [2.75, 3.05) is 11.5 Å². The van der Waals surface area contributed by atoms with E-state index in [9.17, 15) is 4.79 Å². The number of thiocarbonyl (C=S) groups is 1. The zero-order valence-electron chi connectivity index (χ0n) is 13.0. The Kier molecular flexibility index (Phi) is 4.83. The molecule has 0 saturated carbocycles. The maximum atomic E-state index is 12.8. The highest BCUT2D eigenvalue weighted by atomic mass is 35.5. The fraction of sp³-hybridized carbons (Fsp3) is 0.111. The van der Waals surface area contributed by atoms with E-state index in [4.69, 9.17) is 28.6 Å². The number of benzene rings is 2. The van der Waals surface area contributed by atoms with Crippen molar-refractivity contribution in [2.24, 2.45) is 0 Å². The van der Waals surface area contributed by atoms with Crippen LogP contribution in [0.4, 0.5) is 5.69 Å². The summed E-state index contributed by atoms with van der Waals surface area (Å²) in [6, 6.07) is 14.6. The molecule has 0 atom stereocenters. The fourth-order valence-corrected chi connectivity index (χ4v) is 2.93. The number of amides is 1. The summed E-state index contributed by atoms with van der Waals surface area (Å²) in [6.07, 6.45) is 1.73. The van der Waals surface area contributed by atoms with Crippen LogP contribution in [0.2, 0.25) is 5.02 Å². The number of halogens is 1. The molecular formula is C18H15ClN2O2S. The zero-order chi connectivity index (χ0) is 17.1. The smallest absolute Gasteiger partial charge is 0.281 e. The number of nitrogens with one attached hydrogen (secondary N) is 1. The molecule has 0 radical (unpaired) electrons. The van der Waals surface area contributed by atoms with Crippen molar-refractivity contribution < 1.29 is 9.53 Å². The van der Waals surface area contributed by atoms with Gasteiger partial charge in [0.05, 0.1) is 12.3 Å². The molecule has 2 aromatic carbocycles. The number of para-hydroxylation sites is 2. The first kappa shape index (κ1) is 16.5. The van der Waals surface area contributed by atoms with E-state index in [1.54, 1.807) is 24.3 Å². The van der Waals surface area contributed by atoms with Gasteiger partial charge in [0, 0.05) is 5.02 Å². The van der Waals surface area contributed by atoms with Crippen molar-refractivity contribution in [2.45, 2.75) is 6.92 Å². The number of carbonyl (C=O) groups is 1. The average Bonchev–Trinajstić information content (AvgIpc) is 2.82. The van der Waals surface area contributed by atoms with Gasteiger partial charge < -0.3 is 10.1 Å². The molecule has 0 spiro atoms. The standard InChI is InChI=1S/C18H15ClN2O2S/c1-2-23-16-9-4-3-8-15(16)21-17(22)14(20-18(21)24)11-12-6-5-7-13(19)10-12/h3-11H,2H2,1H3,(H,20,24)/b14-11-. The summed E-state index contributed by atoms with van der Waals surface area (Å²) in [6.45, 7) is 2.40. The highest BCUT2D eigenvalue weighted by molar-refractivity contribution is 7.80. The molecule has 1 aliphatic heterocycles. The van der Waals surface area contributed by atoms with Gasteiger partial charge in [-0.15, -0.1) is 0 Å².